The first-order valence-corrected chi connectivity index (χ1v) is 4.64. The van der Waals surface area contributed by atoms with Gasteiger partial charge in [-0.05, 0) is 11.6 Å². The Labute approximate surface area is 74.9 Å². The molecule has 0 aliphatic carbocycles. The fourth-order valence-corrected chi connectivity index (χ4v) is 2.22. The van der Waals surface area contributed by atoms with Crippen LogP contribution in [-0.4, -0.2) is 12.2 Å². The molecule has 0 N–H and O–H groups in total. The number of ether oxygens (including phenoxy) is 1. The van der Waals surface area contributed by atoms with Crippen molar-refractivity contribution in [3.63, 3.8) is 0 Å². The summed E-state index contributed by atoms with van der Waals surface area (Å²) in [7, 11) is 1.59. The van der Waals surface area contributed by atoms with E-state index in [1.165, 1.54) is 11.8 Å². The van der Waals surface area contributed by atoms with Crippen LogP contribution in [0.4, 0.5) is 0 Å². The lowest BCUT2D eigenvalue weighted by Crippen LogP contribution is -1.94. The molecule has 1 aromatic carbocycles. The first-order valence-electron chi connectivity index (χ1n) is 3.66. The number of rotatable bonds is 1. The summed E-state index contributed by atoms with van der Waals surface area (Å²) in [5.41, 5.74) is 1.84. The third kappa shape index (κ3) is 1.01. The number of thioether (sulfide) groups is 1. The zero-order valence-electron chi connectivity index (χ0n) is 6.66. The zero-order valence-corrected chi connectivity index (χ0v) is 7.48. The molecular weight excluding hydrogens is 172 g/mol. The highest BCUT2D eigenvalue weighted by molar-refractivity contribution is 8.13. The van der Waals surface area contributed by atoms with E-state index in [0.717, 1.165) is 16.9 Å². The standard InChI is InChI=1S/C9H8O2S/c1-11-7-4-2-3-6-5-12-9(10)8(6)7/h2-4H,5H2,1H3. The number of benzene rings is 1. The molecule has 1 heterocycles. The topological polar surface area (TPSA) is 26.3 Å². The van der Waals surface area contributed by atoms with Crippen LogP contribution in [0, 0.1) is 0 Å². The predicted octanol–water partition coefficient (Wildman–Crippen LogP) is 2.08. The maximum atomic E-state index is 11.3. The average Bonchev–Trinajstić information content (AvgIpc) is 2.48. The van der Waals surface area contributed by atoms with Crippen LogP contribution >= 0.6 is 11.8 Å². The number of carbonyl (C=O) groups excluding carboxylic acids is 1. The molecule has 1 aromatic rings. The molecule has 0 spiro atoms. The summed E-state index contributed by atoms with van der Waals surface area (Å²) in [5, 5.41) is 0.127. The highest BCUT2D eigenvalue weighted by Crippen LogP contribution is 2.35. The second kappa shape index (κ2) is 2.83. The Morgan fingerprint density at radius 3 is 3.08 bits per heavy atom. The van der Waals surface area contributed by atoms with Gasteiger partial charge in [-0.3, -0.25) is 4.79 Å². The van der Waals surface area contributed by atoms with Crippen molar-refractivity contribution in [3.05, 3.63) is 29.3 Å². The zero-order chi connectivity index (χ0) is 8.55. The highest BCUT2D eigenvalue weighted by atomic mass is 32.2. The molecule has 0 unspecified atom stereocenters. The quantitative estimate of drug-likeness (QED) is 0.662. The summed E-state index contributed by atoms with van der Waals surface area (Å²) in [4.78, 5) is 11.3. The van der Waals surface area contributed by atoms with Crippen molar-refractivity contribution >= 4 is 16.9 Å². The van der Waals surface area contributed by atoms with Crippen molar-refractivity contribution < 1.29 is 9.53 Å². The van der Waals surface area contributed by atoms with E-state index in [1.54, 1.807) is 7.11 Å². The monoisotopic (exact) mass is 180 g/mol. The molecular formula is C9H8O2S. The van der Waals surface area contributed by atoms with Crippen LogP contribution < -0.4 is 4.74 Å². The SMILES string of the molecule is COc1cccc2c1C(=O)SC2. The van der Waals surface area contributed by atoms with Crippen LogP contribution in [-0.2, 0) is 5.75 Å². The van der Waals surface area contributed by atoms with Gasteiger partial charge in [-0.15, -0.1) is 0 Å². The summed E-state index contributed by atoms with van der Waals surface area (Å²) < 4.78 is 5.09. The summed E-state index contributed by atoms with van der Waals surface area (Å²) in [6.07, 6.45) is 0. The van der Waals surface area contributed by atoms with Crippen molar-refractivity contribution in [2.75, 3.05) is 7.11 Å². The van der Waals surface area contributed by atoms with Crippen molar-refractivity contribution in [1.29, 1.82) is 0 Å². The van der Waals surface area contributed by atoms with Gasteiger partial charge in [-0.25, -0.2) is 0 Å². The van der Waals surface area contributed by atoms with Gasteiger partial charge < -0.3 is 4.74 Å². The van der Waals surface area contributed by atoms with Crippen molar-refractivity contribution in [1.82, 2.24) is 0 Å². The number of methoxy groups -OCH3 is 1. The second-order valence-electron chi connectivity index (χ2n) is 2.57. The molecule has 0 saturated carbocycles. The molecule has 0 radical (unpaired) electrons. The van der Waals surface area contributed by atoms with Crippen molar-refractivity contribution in [3.8, 4) is 5.75 Å². The predicted molar refractivity (Wildman–Crippen MR) is 48.6 cm³/mol. The summed E-state index contributed by atoms with van der Waals surface area (Å²) in [6.45, 7) is 0. The van der Waals surface area contributed by atoms with E-state index in [9.17, 15) is 4.79 Å². The number of fused-ring (bicyclic) bond motifs is 1. The lowest BCUT2D eigenvalue weighted by atomic mass is 10.1. The Balaban J connectivity index is 2.60. The van der Waals surface area contributed by atoms with Crippen LogP contribution in [0.25, 0.3) is 0 Å². The largest absolute Gasteiger partial charge is 0.496 e. The Morgan fingerprint density at radius 1 is 1.50 bits per heavy atom. The lowest BCUT2D eigenvalue weighted by Gasteiger charge is -2.03. The molecule has 3 heteroatoms. The first-order chi connectivity index (χ1) is 5.83. The van der Waals surface area contributed by atoms with E-state index in [1.807, 2.05) is 18.2 Å². The van der Waals surface area contributed by atoms with E-state index in [0.29, 0.717) is 5.75 Å². The van der Waals surface area contributed by atoms with Gasteiger partial charge >= 0.3 is 0 Å². The lowest BCUT2D eigenvalue weighted by molar-refractivity contribution is 0.108. The van der Waals surface area contributed by atoms with Crippen LogP contribution in [0.3, 0.4) is 0 Å². The molecule has 0 bridgehead atoms. The number of hydrogen-bond acceptors (Lipinski definition) is 3. The van der Waals surface area contributed by atoms with E-state index in [2.05, 4.69) is 0 Å². The van der Waals surface area contributed by atoms with Crippen LogP contribution in [0.1, 0.15) is 15.9 Å². The molecule has 1 aliphatic heterocycles. The maximum absolute atomic E-state index is 11.3. The average molecular weight is 180 g/mol. The molecule has 0 atom stereocenters. The number of hydrogen-bond donors (Lipinski definition) is 0. The minimum absolute atomic E-state index is 0.127. The van der Waals surface area contributed by atoms with E-state index in [-0.39, 0.29) is 5.12 Å². The Kier molecular flexibility index (Phi) is 1.81. The normalized spacial score (nSPS) is 14.6. The molecule has 2 nitrogen and oxygen atoms in total. The molecule has 1 aliphatic rings. The molecule has 0 saturated heterocycles. The van der Waals surface area contributed by atoms with Gasteiger partial charge in [0.05, 0.1) is 12.7 Å². The molecule has 0 amide bonds. The van der Waals surface area contributed by atoms with Crippen LogP contribution in [0.5, 0.6) is 5.75 Å². The van der Waals surface area contributed by atoms with Crippen molar-refractivity contribution in [2.24, 2.45) is 0 Å². The molecule has 0 fully saturated rings. The number of carbonyl (C=O) groups is 1. The first kappa shape index (κ1) is 7.68. The highest BCUT2D eigenvalue weighted by Gasteiger charge is 2.23. The Hall–Kier alpha value is -0.960. The van der Waals surface area contributed by atoms with E-state index in [4.69, 9.17) is 4.74 Å². The molecule has 12 heavy (non-hydrogen) atoms. The fourth-order valence-electron chi connectivity index (χ4n) is 1.31. The molecule has 2 rings (SSSR count). The van der Waals surface area contributed by atoms with E-state index < -0.39 is 0 Å². The van der Waals surface area contributed by atoms with E-state index >= 15 is 0 Å². The molecule has 0 aromatic heterocycles. The van der Waals surface area contributed by atoms with Gasteiger partial charge in [0, 0.05) is 5.75 Å². The minimum atomic E-state index is 0.127. The van der Waals surface area contributed by atoms with Gasteiger partial charge in [0.2, 0.25) is 5.12 Å². The van der Waals surface area contributed by atoms with Crippen LogP contribution in [0.2, 0.25) is 0 Å². The summed E-state index contributed by atoms with van der Waals surface area (Å²) in [5.74, 6) is 1.48. The minimum Gasteiger partial charge on any atom is -0.496 e. The van der Waals surface area contributed by atoms with Gasteiger partial charge in [-0.1, -0.05) is 23.9 Å². The molecule has 62 valence electrons. The van der Waals surface area contributed by atoms with Gasteiger partial charge in [0.1, 0.15) is 5.75 Å². The summed E-state index contributed by atoms with van der Waals surface area (Å²) in [6, 6.07) is 5.70. The van der Waals surface area contributed by atoms with Crippen molar-refractivity contribution in [2.45, 2.75) is 5.75 Å². The Morgan fingerprint density at radius 2 is 2.33 bits per heavy atom. The van der Waals surface area contributed by atoms with Crippen LogP contribution in [0.15, 0.2) is 18.2 Å². The summed E-state index contributed by atoms with van der Waals surface area (Å²) >= 11 is 1.34. The fraction of sp³-hybridized carbons (Fsp3) is 0.222. The second-order valence-corrected chi connectivity index (χ2v) is 3.52. The third-order valence-electron chi connectivity index (χ3n) is 1.90. The maximum Gasteiger partial charge on any atom is 0.223 e. The smallest absolute Gasteiger partial charge is 0.223 e. The van der Waals surface area contributed by atoms with Gasteiger partial charge in [-0.2, -0.15) is 0 Å². The Bertz CT molecular complexity index is 333. The van der Waals surface area contributed by atoms with Gasteiger partial charge in [0.15, 0.2) is 0 Å². The van der Waals surface area contributed by atoms with Gasteiger partial charge in [0.25, 0.3) is 0 Å². The third-order valence-corrected chi connectivity index (χ3v) is 2.82.